The van der Waals surface area contributed by atoms with Crippen LogP contribution >= 0.6 is 0 Å². The first kappa shape index (κ1) is 10.3. The van der Waals surface area contributed by atoms with E-state index in [2.05, 4.69) is 5.10 Å². The third-order valence-corrected chi connectivity index (χ3v) is 3.31. The Morgan fingerprint density at radius 3 is 2.59 bits per heavy atom. The highest BCUT2D eigenvalue weighted by molar-refractivity contribution is 6.19. The van der Waals surface area contributed by atoms with Gasteiger partial charge < -0.3 is 4.90 Å². The standard InChI is InChI=1S/C11H14N4O2/c1-7-5-9(12-13(7)2)15-10(16)6-14(11(15)17)8-3-4-8/h5,8H,3-4,6H2,1-2H3. The Morgan fingerprint density at radius 1 is 1.35 bits per heavy atom. The van der Waals surface area contributed by atoms with Crippen molar-refractivity contribution in [2.45, 2.75) is 25.8 Å². The summed E-state index contributed by atoms with van der Waals surface area (Å²) < 4.78 is 1.66. The minimum absolute atomic E-state index is 0.181. The van der Waals surface area contributed by atoms with E-state index in [4.69, 9.17) is 0 Å². The molecule has 0 N–H and O–H groups in total. The van der Waals surface area contributed by atoms with Crippen LogP contribution in [0.25, 0.3) is 0 Å². The highest BCUT2D eigenvalue weighted by atomic mass is 16.2. The molecule has 1 saturated heterocycles. The van der Waals surface area contributed by atoms with Crippen LogP contribution in [0.2, 0.25) is 0 Å². The van der Waals surface area contributed by atoms with Crippen LogP contribution < -0.4 is 4.90 Å². The third kappa shape index (κ3) is 1.51. The number of amides is 3. The molecule has 0 bridgehead atoms. The number of carbonyl (C=O) groups excluding carboxylic acids is 2. The predicted octanol–water partition coefficient (Wildman–Crippen LogP) is 0.660. The molecule has 3 amide bonds. The number of nitrogens with zero attached hydrogens (tertiary/aromatic N) is 4. The maximum absolute atomic E-state index is 12.1. The second-order valence-corrected chi connectivity index (χ2v) is 4.64. The minimum atomic E-state index is -0.226. The van der Waals surface area contributed by atoms with Gasteiger partial charge in [0.1, 0.15) is 6.54 Å². The van der Waals surface area contributed by atoms with Crippen molar-refractivity contribution < 1.29 is 9.59 Å². The molecule has 90 valence electrons. The van der Waals surface area contributed by atoms with Gasteiger partial charge in [-0.25, -0.2) is 9.69 Å². The lowest BCUT2D eigenvalue weighted by atomic mass is 10.4. The molecule has 0 atom stereocenters. The van der Waals surface area contributed by atoms with Gasteiger partial charge in [0, 0.05) is 24.8 Å². The van der Waals surface area contributed by atoms with Gasteiger partial charge in [-0.3, -0.25) is 9.48 Å². The summed E-state index contributed by atoms with van der Waals surface area (Å²) >= 11 is 0. The first-order chi connectivity index (χ1) is 8.08. The lowest BCUT2D eigenvalue weighted by molar-refractivity contribution is -0.116. The average Bonchev–Trinajstić information content (AvgIpc) is 2.99. The van der Waals surface area contributed by atoms with Gasteiger partial charge in [0.15, 0.2) is 5.82 Å². The number of hydrogen-bond donors (Lipinski definition) is 0. The van der Waals surface area contributed by atoms with Crippen LogP contribution in [-0.4, -0.2) is 39.2 Å². The molecule has 6 heteroatoms. The van der Waals surface area contributed by atoms with E-state index in [0.29, 0.717) is 5.82 Å². The zero-order valence-electron chi connectivity index (χ0n) is 9.88. The molecular weight excluding hydrogens is 220 g/mol. The molecule has 1 aromatic heterocycles. The van der Waals surface area contributed by atoms with Crippen LogP contribution in [0.15, 0.2) is 6.07 Å². The van der Waals surface area contributed by atoms with Crippen LogP contribution in [0.3, 0.4) is 0 Å². The Labute approximate surface area is 98.8 Å². The van der Waals surface area contributed by atoms with Crippen LogP contribution in [0.5, 0.6) is 0 Å². The first-order valence-electron chi connectivity index (χ1n) is 5.72. The molecule has 3 rings (SSSR count). The fourth-order valence-electron chi connectivity index (χ4n) is 2.07. The minimum Gasteiger partial charge on any atom is -0.312 e. The summed E-state index contributed by atoms with van der Waals surface area (Å²) in [5.74, 6) is 0.253. The maximum atomic E-state index is 12.1. The molecule has 17 heavy (non-hydrogen) atoms. The van der Waals surface area contributed by atoms with Crippen molar-refractivity contribution in [2.75, 3.05) is 11.4 Å². The van der Waals surface area contributed by atoms with E-state index in [1.807, 2.05) is 6.92 Å². The van der Waals surface area contributed by atoms with Crippen molar-refractivity contribution in [3.8, 4) is 0 Å². The third-order valence-electron chi connectivity index (χ3n) is 3.31. The molecule has 0 spiro atoms. The van der Waals surface area contributed by atoms with Crippen molar-refractivity contribution in [1.82, 2.24) is 14.7 Å². The molecule has 1 aliphatic heterocycles. The topological polar surface area (TPSA) is 58.4 Å². The fraction of sp³-hybridized carbons (Fsp3) is 0.545. The SMILES string of the molecule is Cc1cc(N2C(=O)CN(C3CC3)C2=O)nn1C. The molecule has 0 unspecified atom stereocenters. The number of aryl methyl sites for hydroxylation is 2. The fourth-order valence-corrected chi connectivity index (χ4v) is 2.07. The van der Waals surface area contributed by atoms with Crippen LogP contribution in [0.1, 0.15) is 18.5 Å². The van der Waals surface area contributed by atoms with Crippen molar-refractivity contribution in [2.24, 2.45) is 7.05 Å². The molecule has 6 nitrogen and oxygen atoms in total. The van der Waals surface area contributed by atoms with E-state index >= 15 is 0 Å². The van der Waals surface area contributed by atoms with Gasteiger partial charge in [0.2, 0.25) is 0 Å². The summed E-state index contributed by atoms with van der Waals surface area (Å²) in [4.78, 5) is 26.8. The van der Waals surface area contributed by atoms with E-state index < -0.39 is 0 Å². The highest BCUT2D eigenvalue weighted by Gasteiger charge is 2.45. The van der Waals surface area contributed by atoms with Gasteiger partial charge in [0.05, 0.1) is 0 Å². The zero-order chi connectivity index (χ0) is 12.2. The van der Waals surface area contributed by atoms with Gasteiger partial charge in [-0.1, -0.05) is 0 Å². The summed E-state index contributed by atoms with van der Waals surface area (Å²) in [6.07, 6.45) is 2.02. The molecule has 0 aromatic carbocycles. The Bertz CT molecular complexity index is 484. The molecule has 0 radical (unpaired) electrons. The first-order valence-corrected chi connectivity index (χ1v) is 5.72. The van der Waals surface area contributed by atoms with Crippen molar-refractivity contribution in [3.63, 3.8) is 0 Å². The van der Waals surface area contributed by atoms with Gasteiger partial charge in [0.25, 0.3) is 5.91 Å². The monoisotopic (exact) mass is 234 g/mol. The second kappa shape index (κ2) is 3.32. The molecule has 2 aliphatic rings. The van der Waals surface area contributed by atoms with Crippen molar-refractivity contribution in [3.05, 3.63) is 11.8 Å². The van der Waals surface area contributed by atoms with Crippen LogP contribution in [-0.2, 0) is 11.8 Å². The molecule has 2 heterocycles. The lowest BCUT2D eigenvalue weighted by Gasteiger charge is -2.14. The lowest BCUT2D eigenvalue weighted by Crippen LogP contribution is -2.34. The van der Waals surface area contributed by atoms with Crippen LogP contribution in [0, 0.1) is 6.92 Å². The zero-order valence-corrected chi connectivity index (χ0v) is 9.88. The van der Waals surface area contributed by atoms with Crippen LogP contribution in [0.4, 0.5) is 10.6 Å². The van der Waals surface area contributed by atoms with E-state index in [-0.39, 0.29) is 24.5 Å². The Morgan fingerprint density at radius 2 is 2.06 bits per heavy atom. The van der Waals surface area contributed by atoms with E-state index in [1.54, 1.807) is 22.7 Å². The number of aromatic nitrogens is 2. The number of anilines is 1. The number of urea groups is 1. The number of rotatable bonds is 2. The second-order valence-electron chi connectivity index (χ2n) is 4.64. The largest absolute Gasteiger partial charge is 0.333 e. The molecule has 1 saturated carbocycles. The molecule has 1 aromatic rings. The summed E-state index contributed by atoms with van der Waals surface area (Å²) in [5, 5.41) is 4.18. The smallest absolute Gasteiger partial charge is 0.312 e. The quantitative estimate of drug-likeness (QED) is 0.706. The Hall–Kier alpha value is -1.85. The Balaban J connectivity index is 1.92. The summed E-state index contributed by atoms with van der Waals surface area (Å²) in [5.41, 5.74) is 0.922. The van der Waals surface area contributed by atoms with Gasteiger partial charge in [-0.05, 0) is 19.8 Å². The van der Waals surface area contributed by atoms with E-state index in [9.17, 15) is 9.59 Å². The van der Waals surface area contributed by atoms with Gasteiger partial charge in [-0.2, -0.15) is 5.10 Å². The molecule has 2 fully saturated rings. The highest BCUT2D eigenvalue weighted by Crippen LogP contribution is 2.31. The number of carbonyl (C=O) groups is 2. The van der Waals surface area contributed by atoms with Crippen molar-refractivity contribution in [1.29, 1.82) is 0 Å². The Kier molecular flexibility index (Phi) is 2.01. The summed E-state index contributed by atoms with van der Waals surface area (Å²) in [6, 6.07) is 1.79. The molecular formula is C11H14N4O2. The normalized spacial score (nSPS) is 20.6. The van der Waals surface area contributed by atoms with Gasteiger partial charge >= 0.3 is 6.03 Å². The summed E-state index contributed by atoms with van der Waals surface area (Å²) in [6.45, 7) is 2.08. The van der Waals surface area contributed by atoms with Gasteiger partial charge in [-0.15, -0.1) is 0 Å². The predicted molar refractivity (Wildman–Crippen MR) is 60.6 cm³/mol. The van der Waals surface area contributed by atoms with E-state index in [1.165, 1.54) is 4.90 Å². The van der Waals surface area contributed by atoms with E-state index in [0.717, 1.165) is 18.5 Å². The maximum Gasteiger partial charge on any atom is 0.333 e. The molecule has 1 aliphatic carbocycles. The number of imide groups is 1. The average molecular weight is 234 g/mol. The number of hydrogen-bond acceptors (Lipinski definition) is 3. The van der Waals surface area contributed by atoms with Crippen molar-refractivity contribution >= 4 is 17.8 Å². The summed E-state index contributed by atoms with van der Waals surface area (Å²) in [7, 11) is 1.79.